The van der Waals surface area contributed by atoms with E-state index < -0.39 is 24.9 Å². The van der Waals surface area contributed by atoms with Gasteiger partial charge in [-0.25, -0.2) is 0 Å². The molecule has 0 fully saturated rings. The van der Waals surface area contributed by atoms with Gasteiger partial charge < -0.3 is 19.7 Å². The van der Waals surface area contributed by atoms with E-state index in [0.717, 1.165) is 5.56 Å². The molecule has 0 heterocycles. The van der Waals surface area contributed by atoms with Gasteiger partial charge in [0.1, 0.15) is 0 Å². The number of hydrogen-bond donors (Lipinski definition) is 2. The zero-order chi connectivity index (χ0) is 18.2. The fourth-order valence-corrected chi connectivity index (χ4v) is 2.81. The molecule has 5 nitrogen and oxygen atoms in total. The van der Waals surface area contributed by atoms with Crippen molar-refractivity contribution in [3.05, 3.63) is 71.3 Å². The number of Topliss-reactive ketones (excluding diaryl/α,β-unsaturated/α-hetero) is 1. The lowest BCUT2D eigenvalue weighted by molar-refractivity contribution is -0.101. The predicted octanol–water partition coefficient (Wildman–Crippen LogP) is 2.37. The molecular weight excluding hydrogens is 320 g/mol. The maximum Gasteiger partial charge on any atom is 0.171 e. The number of aliphatic hydroxyl groups is 2. The van der Waals surface area contributed by atoms with Crippen molar-refractivity contribution in [3.8, 4) is 0 Å². The van der Waals surface area contributed by atoms with Gasteiger partial charge in [0.15, 0.2) is 12.1 Å². The lowest BCUT2D eigenvalue weighted by Gasteiger charge is -2.24. The first-order valence-corrected chi connectivity index (χ1v) is 8.14. The van der Waals surface area contributed by atoms with Crippen LogP contribution in [0.2, 0.25) is 0 Å². The first-order chi connectivity index (χ1) is 12.1. The summed E-state index contributed by atoms with van der Waals surface area (Å²) in [5.74, 6) is -1.23. The van der Waals surface area contributed by atoms with Gasteiger partial charge in [-0.15, -0.1) is 0 Å². The number of methoxy groups -OCH3 is 2. The van der Waals surface area contributed by atoms with Crippen molar-refractivity contribution in [2.45, 2.75) is 18.8 Å². The second-order valence-electron chi connectivity index (χ2n) is 5.77. The average molecular weight is 344 g/mol. The van der Waals surface area contributed by atoms with E-state index in [1.54, 1.807) is 50.6 Å². The van der Waals surface area contributed by atoms with Crippen molar-refractivity contribution < 1.29 is 24.5 Å². The standard InChI is InChI=1S/C20H24O5/c1-24-18(25-2)12-15-10-6-7-11-16(15)20(23)17(13-21)19(22)14-8-4-3-5-9-14/h3-11,17-18,20-21,23H,12-13H2,1-2H3/t17-,20+/m1/s1. The summed E-state index contributed by atoms with van der Waals surface area (Å²) in [7, 11) is 3.09. The number of rotatable bonds is 9. The maximum atomic E-state index is 12.7. The summed E-state index contributed by atoms with van der Waals surface area (Å²) in [6, 6.07) is 15.9. The Morgan fingerprint density at radius 3 is 2.20 bits per heavy atom. The summed E-state index contributed by atoms with van der Waals surface area (Å²) in [5, 5.41) is 20.5. The van der Waals surface area contributed by atoms with Crippen LogP contribution in [0, 0.1) is 5.92 Å². The Kier molecular flexibility index (Phi) is 7.28. The summed E-state index contributed by atoms with van der Waals surface area (Å²) in [4.78, 5) is 12.7. The van der Waals surface area contributed by atoms with Crippen molar-refractivity contribution in [1.82, 2.24) is 0 Å². The molecule has 2 aromatic rings. The molecule has 134 valence electrons. The van der Waals surface area contributed by atoms with E-state index in [2.05, 4.69) is 0 Å². The molecule has 0 amide bonds. The Morgan fingerprint density at radius 1 is 1.00 bits per heavy atom. The van der Waals surface area contributed by atoms with E-state index in [4.69, 9.17) is 9.47 Å². The van der Waals surface area contributed by atoms with Crippen LogP contribution < -0.4 is 0 Å². The van der Waals surface area contributed by atoms with Crippen LogP contribution in [0.3, 0.4) is 0 Å². The number of ketones is 1. The van der Waals surface area contributed by atoms with Gasteiger partial charge in [-0.05, 0) is 11.1 Å². The number of carbonyl (C=O) groups excluding carboxylic acids is 1. The van der Waals surface area contributed by atoms with Crippen molar-refractivity contribution in [2.24, 2.45) is 5.92 Å². The highest BCUT2D eigenvalue weighted by Crippen LogP contribution is 2.28. The molecule has 5 heteroatoms. The molecular formula is C20H24O5. The molecule has 25 heavy (non-hydrogen) atoms. The number of carbonyl (C=O) groups is 1. The average Bonchev–Trinajstić information content (AvgIpc) is 2.67. The Bertz CT molecular complexity index is 667. The predicted molar refractivity (Wildman–Crippen MR) is 94.3 cm³/mol. The zero-order valence-corrected chi connectivity index (χ0v) is 14.5. The molecule has 2 rings (SSSR count). The van der Waals surface area contributed by atoms with Crippen LogP contribution in [0.5, 0.6) is 0 Å². The fraction of sp³-hybridized carbons (Fsp3) is 0.350. The molecule has 0 radical (unpaired) electrons. The van der Waals surface area contributed by atoms with Gasteiger partial charge in [-0.1, -0.05) is 54.6 Å². The molecule has 0 aromatic heterocycles. The Labute approximate surface area is 147 Å². The highest BCUT2D eigenvalue weighted by molar-refractivity contribution is 5.98. The topological polar surface area (TPSA) is 76.0 Å². The van der Waals surface area contributed by atoms with Gasteiger partial charge >= 0.3 is 0 Å². The Morgan fingerprint density at radius 2 is 1.60 bits per heavy atom. The second-order valence-corrected chi connectivity index (χ2v) is 5.77. The highest BCUT2D eigenvalue weighted by Gasteiger charge is 2.30. The number of benzene rings is 2. The third-order valence-corrected chi connectivity index (χ3v) is 4.26. The van der Waals surface area contributed by atoms with Crippen LogP contribution in [0.15, 0.2) is 54.6 Å². The minimum absolute atomic E-state index is 0.291. The highest BCUT2D eigenvalue weighted by atomic mass is 16.7. The SMILES string of the molecule is COC(Cc1ccccc1[C@H](O)[C@H](CO)C(=O)c1ccccc1)OC. The Balaban J connectivity index is 2.28. The molecule has 0 saturated carbocycles. The number of aliphatic hydroxyl groups excluding tert-OH is 2. The summed E-state index contributed by atoms with van der Waals surface area (Å²) >= 11 is 0. The van der Waals surface area contributed by atoms with E-state index in [0.29, 0.717) is 17.5 Å². The van der Waals surface area contributed by atoms with E-state index in [-0.39, 0.29) is 5.78 Å². The van der Waals surface area contributed by atoms with Crippen molar-refractivity contribution in [2.75, 3.05) is 20.8 Å². The van der Waals surface area contributed by atoms with Crippen LogP contribution in [0.25, 0.3) is 0 Å². The summed E-state index contributed by atoms with van der Waals surface area (Å²) in [6.07, 6.45) is -1.15. The lowest BCUT2D eigenvalue weighted by Crippen LogP contribution is -2.27. The molecule has 2 N–H and O–H groups in total. The molecule has 0 aliphatic heterocycles. The monoisotopic (exact) mass is 344 g/mol. The quantitative estimate of drug-likeness (QED) is 0.539. The van der Waals surface area contributed by atoms with E-state index in [1.807, 2.05) is 18.2 Å². The van der Waals surface area contributed by atoms with E-state index in [9.17, 15) is 15.0 Å². The molecule has 0 unspecified atom stereocenters. The third kappa shape index (κ3) is 4.74. The normalized spacial score (nSPS) is 13.6. The zero-order valence-electron chi connectivity index (χ0n) is 14.5. The second kappa shape index (κ2) is 9.44. The van der Waals surface area contributed by atoms with Gasteiger partial charge in [0.05, 0.1) is 18.6 Å². The molecule has 2 atom stereocenters. The molecule has 2 aromatic carbocycles. The third-order valence-electron chi connectivity index (χ3n) is 4.26. The first kappa shape index (κ1) is 19.3. The largest absolute Gasteiger partial charge is 0.395 e. The molecule has 0 saturated heterocycles. The summed E-state index contributed by atoms with van der Waals surface area (Å²) in [5.41, 5.74) is 1.86. The lowest BCUT2D eigenvalue weighted by atomic mass is 9.86. The minimum Gasteiger partial charge on any atom is -0.395 e. The fourth-order valence-electron chi connectivity index (χ4n) is 2.81. The van der Waals surface area contributed by atoms with Gasteiger partial charge in [-0.3, -0.25) is 4.79 Å². The van der Waals surface area contributed by atoms with Crippen molar-refractivity contribution in [1.29, 1.82) is 0 Å². The van der Waals surface area contributed by atoms with Crippen LogP contribution in [-0.4, -0.2) is 43.1 Å². The van der Waals surface area contributed by atoms with Crippen LogP contribution in [-0.2, 0) is 15.9 Å². The molecule has 0 spiro atoms. The molecule has 0 aliphatic rings. The van der Waals surface area contributed by atoms with Gasteiger partial charge in [0.25, 0.3) is 0 Å². The minimum atomic E-state index is -1.12. The van der Waals surface area contributed by atoms with Crippen LogP contribution in [0.1, 0.15) is 27.6 Å². The number of hydrogen-bond acceptors (Lipinski definition) is 5. The molecule has 0 bridgehead atoms. The van der Waals surface area contributed by atoms with E-state index in [1.165, 1.54) is 0 Å². The molecule has 0 aliphatic carbocycles. The summed E-state index contributed by atoms with van der Waals surface area (Å²) < 4.78 is 10.4. The van der Waals surface area contributed by atoms with Gasteiger partial charge in [0.2, 0.25) is 0 Å². The maximum absolute atomic E-state index is 12.7. The van der Waals surface area contributed by atoms with Crippen LogP contribution >= 0.6 is 0 Å². The summed E-state index contributed by atoms with van der Waals surface area (Å²) in [6.45, 7) is -0.443. The van der Waals surface area contributed by atoms with Crippen molar-refractivity contribution in [3.63, 3.8) is 0 Å². The first-order valence-electron chi connectivity index (χ1n) is 8.14. The van der Waals surface area contributed by atoms with Crippen LogP contribution in [0.4, 0.5) is 0 Å². The van der Waals surface area contributed by atoms with Gasteiger partial charge in [0, 0.05) is 26.2 Å². The Hall–Kier alpha value is -2.05. The smallest absolute Gasteiger partial charge is 0.171 e. The van der Waals surface area contributed by atoms with Crippen molar-refractivity contribution >= 4 is 5.78 Å². The number of ether oxygens (including phenoxy) is 2. The van der Waals surface area contributed by atoms with Gasteiger partial charge in [-0.2, -0.15) is 0 Å². The van der Waals surface area contributed by atoms with E-state index >= 15 is 0 Å².